The number of nitrogens with zero attached hydrogens (tertiary/aromatic N) is 2. The van der Waals surface area contributed by atoms with Crippen molar-refractivity contribution in [2.24, 2.45) is 0 Å². The Balaban J connectivity index is 1.95. The van der Waals surface area contributed by atoms with Crippen LogP contribution >= 0.6 is 0 Å². The highest BCUT2D eigenvalue weighted by Crippen LogP contribution is 2.32. The molecule has 0 aliphatic heterocycles. The minimum absolute atomic E-state index is 0.125. The highest BCUT2D eigenvalue weighted by Gasteiger charge is 2.19. The summed E-state index contributed by atoms with van der Waals surface area (Å²) >= 11 is 0. The SMILES string of the molecule is Nc1cn(C2CCCCCC2)nc1-c1cc(F)ccc1F. The highest BCUT2D eigenvalue weighted by atomic mass is 19.1. The Morgan fingerprint density at radius 1 is 1.10 bits per heavy atom. The molecule has 0 radical (unpaired) electrons. The van der Waals surface area contributed by atoms with E-state index >= 15 is 0 Å². The summed E-state index contributed by atoms with van der Waals surface area (Å²) in [6.07, 6.45) is 8.72. The summed E-state index contributed by atoms with van der Waals surface area (Å²) < 4.78 is 29.1. The summed E-state index contributed by atoms with van der Waals surface area (Å²) in [4.78, 5) is 0. The first-order valence-corrected chi connectivity index (χ1v) is 7.45. The van der Waals surface area contributed by atoms with E-state index in [0.717, 1.165) is 31.0 Å². The molecule has 1 aliphatic rings. The van der Waals surface area contributed by atoms with Crippen LogP contribution in [0.5, 0.6) is 0 Å². The molecule has 1 aromatic heterocycles. The van der Waals surface area contributed by atoms with E-state index in [1.165, 1.54) is 25.7 Å². The standard InChI is InChI=1S/C16H19F2N3/c17-11-7-8-14(18)13(9-11)16-15(19)10-21(20-16)12-5-3-1-2-4-6-12/h7-10,12H,1-6,19H2. The van der Waals surface area contributed by atoms with Gasteiger partial charge in [-0.15, -0.1) is 0 Å². The first-order valence-electron chi connectivity index (χ1n) is 7.45. The predicted octanol–water partition coefficient (Wildman–Crippen LogP) is 4.31. The van der Waals surface area contributed by atoms with Crippen LogP contribution in [0.4, 0.5) is 14.5 Å². The van der Waals surface area contributed by atoms with Crippen LogP contribution in [0.15, 0.2) is 24.4 Å². The van der Waals surface area contributed by atoms with Crippen LogP contribution in [0.3, 0.4) is 0 Å². The van der Waals surface area contributed by atoms with Crippen LogP contribution in [-0.2, 0) is 0 Å². The molecule has 1 aromatic carbocycles. The molecule has 0 unspecified atom stereocenters. The van der Waals surface area contributed by atoms with Gasteiger partial charge in [0.25, 0.3) is 0 Å². The molecular weight excluding hydrogens is 272 g/mol. The van der Waals surface area contributed by atoms with Crippen molar-refractivity contribution in [3.05, 3.63) is 36.0 Å². The van der Waals surface area contributed by atoms with Gasteiger partial charge in [0.15, 0.2) is 0 Å². The van der Waals surface area contributed by atoms with E-state index in [0.29, 0.717) is 17.4 Å². The molecule has 0 atom stereocenters. The second-order valence-corrected chi connectivity index (χ2v) is 5.68. The molecule has 0 amide bonds. The fourth-order valence-corrected chi connectivity index (χ4v) is 3.00. The molecule has 3 nitrogen and oxygen atoms in total. The molecule has 1 fully saturated rings. The molecule has 112 valence electrons. The van der Waals surface area contributed by atoms with E-state index < -0.39 is 11.6 Å². The summed E-state index contributed by atoms with van der Waals surface area (Å²) in [6.45, 7) is 0. The summed E-state index contributed by atoms with van der Waals surface area (Å²) in [5, 5.41) is 4.43. The maximum Gasteiger partial charge on any atom is 0.132 e. The van der Waals surface area contributed by atoms with E-state index in [-0.39, 0.29) is 5.56 Å². The van der Waals surface area contributed by atoms with Crippen LogP contribution in [0, 0.1) is 11.6 Å². The molecule has 0 bridgehead atoms. The van der Waals surface area contributed by atoms with Gasteiger partial charge in [-0.3, -0.25) is 4.68 Å². The molecule has 1 heterocycles. The molecule has 3 rings (SSSR count). The number of hydrogen-bond acceptors (Lipinski definition) is 2. The third-order valence-corrected chi connectivity index (χ3v) is 4.14. The van der Waals surface area contributed by atoms with E-state index in [9.17, 15) is 8.78 Å². The number of aromatic nitrogens is 2. The minimum Gasteiger partial charge on any atom is -0.396 e. The van der Waals surface area contributed by atoms with Crippen molar-refractivity contribution in [1.82, 2.24) is 9.78 Å². The fourth-order valence-electron chi connectivity index (χ4n) is 3.00. The van der Waals surface area contributed by atoms with Crippen molar-refractivity contribution in [1.29, 1.82) is 0 Å². The fraction of sp³-hybridized carbons (Fsp3) is 0.438. The average molecular weight is 291 g/mol. The first kappa shape index (κ1) is 14.0. The molecule has 0 spiro atoms. The number of nitrogen functional groups attached to an aromatic ring is 1. The topological polar surface area (TPSA) is 43.8 Å². The van der Waals surface area contributed by atoms with E-state index in [1.807, 2.05) is 4.68 Å². The Morgan fingerprint density at radius 2 is 1.81 bits per heavy atom. The Bertz CT molecular complexity index is 628. The van der Waals surface area contributed by atoms with Gasteiger partial charge in [0.2, 0.25) is 0 Å². The van der Waals surface area contributed by atoms with E-state index in [4.69, 9.17) is 5.73 Å². The van der Waals surface area contributed by atoms with Crippen LogP contribution < -0.4 is 5.73 Å². The lowest BCUT2D eigenvalue weighted by Gasteiger charge is -2.14. The number of hydrogen-bond donors (Lipinski definition) is 1. The maximum atomic E-state index is 13.9. The van der Waals surface area contributed by atoms with Crippen LogP contribution in [0.25, 0.3) is 11.3 Å². The Morgan fingerprint density at radius 3 is 2.52 bits per heavy atom. The van der Waals surface area contributed by atoms with E-state index in [1.54, 1.807) is 6.20 Å². The monoisotopic (exact) mass is 291 g/mol. The van der Waals surface area contributed by atoms with Crippen LogP contribution in [-0.4, -0.2) is 9.78 Å². The highest BCUT2D eigenvalue weighted by molar-refractivity contribution is 5.72. The number of benzene rings is 1. The lowest BCUT2D eigenvalue weighted by atomic mass is 10.1. The lowest BCUT2D eigenvalue weighted by Crippen LogP contribution is -2.08. The van der Waals surface area contributed by atoms with Gasteiger partial charge in [0, 0.05) is 11.8 Å². The molecule has 0 saturated heterocycles. The van der Waals surface area contributed by atoms with Gasteiger partial charge in [0.05, 0.1) is 11.7 Å². The van der Waals surface area contributed by atoms with Gasteiger partial charge in [0.1, 0.15) is 17.3 Å². The number of nitrogens with two attached hydrogens (primary N) is 1. The molecule has 2 aromatic rings. The molecule has 1 aliphatic carbocycles. The van der Waals surface area contributed by atoms with Crippen molar-refractivity contribution in [3.63, 3.8) is 0 Å². The van der Waals surface area contributed by atoms with Crippen LogP contribution in [0.1, 0.15) is 44.6 Å². The Kier molecular flexibility index (Phi) is 3.90. The van der Waals surface area contributed by atoms with Crippen LogP contribution in [0.2, 0.25) is 0 Å². The molecule has 1 saturated carbocycles. The molecule has 21 heavy (non-hydrogen) atoms. The van der Waals surface area contributed by atoms with E-state index in [2.05, 4.69) is 5.10 Å². The summed E-state index contributed by atoms with van der Waals surface area (Å²) in [6, 6.07) is 3.65. The maximum absolute atomic E-state index is 13.9. The summed E-state index contributed by atoms with van der Waals surface area (Å²) in [7, 11) is 0. The zero-order chi connectivity index (χ0) is 14.8. The average Bonchev–Trinajstić information content (AvgIpc) is 2.69. The third kappa shape index (κ3) is 2.91. The first-order chi connectivity index (χ1) is 10.1. The normalized spacial score (nSPS) is 16.9. The van der Waals surface area contributed by atoms with Crippen molar-refractivity contribution < 1.29 is 8.78 Å². The number of rotatable bonds is 2. The number of anilines is 1. The van der Waals surface area contributed by atoms with Crippen molar-refractivity contribution in [2.45, 2.75) is 44.6 Å². The summed E-state index contributed by atoms with van der Waals surface area (Å²) in [5.41, 5.74) is 6.81. The summed E-state index contributed by atoms with van der Waals surface area (Å²) in [5.74, 6) is -0.996. The molecule has 5 heteroatoms. The zero-order valence-electron chi connectivity index (χ0n) is 11.9. The van der Waals surface area contributed by atoms with Gasteiger partial charge in [-0.25, -0.2) is 8.78 Å². The molecular formula is C16H19F2N3. The minimum atomic E-state index is -0.505. The zero-order valence-corrected chi connectivity index (χ0v) is 11.9. The lowest BCUT2D eigenvalue weighted by molar-refractivity contribution is 0.406. The number of halogens is 2. The predicted molar refractivity (Wildman–Crippen MR) is 78.7 cm³/mol. The quantitative estimate of drug-likeness (QED) is 0.838. The van der Waals surface area contributed by atoms with Crippen molar-refractivity contribution in [3.8, 4) is 11.3 Å². The third-order valence-electron chi connectivity index (χ3n) is 4.14. The second kappa shape index (κ2) is 5.84. The van der Waals surface area contributed by atoms with Crippen molar-refractivity contribution >= 4 is 5.69 Å². The van der Waals surface area contributed by atoms with Gasteiger partial charge in [-0.2, -0.15) is 5.10 Å². The molecule has 2 N–H and O–H groups in total. The van der Waals surface area contributed by atoms with Gasteiger partial charge in [-0.1, -0.05) is 25.7 Å². The Labute approximate surface area is 122 Å². The van der Waals surface area contributed by atoms with Gasteiger partial charge in [-0.05, 0) is 31.0 Å². The van der Waals surface area contributed by atoms with Crippen molar-refractivity contribution in [2.75, 3.05) is 5.73 Å². The van der Waals surface area contributed by atoms with Gasteiger partial charge < -0.3 is 5.73 Å². The smallest absolute Gasteiger partial charge is 0.132 e. The Hall–Kier alpha value is -1.91. The van der Waals surface area contributed by atoms with Gasteiger partial charge >= 0.3 is 0 Å². The largest absolute Gasteiger partial charge is 0.396 e. The second-order valence-electron chi connectivity index (χ2n) is 5.68.